The predicted molar refractivity (Wildman–Crippen MR) is 78.9 cm³/mol. The quantitative estimate of drug-likeness (QED) is 0.670. The number of anilines is 1. The van der Waals surface area contributed by atoms with Crippen molar-refractivity contribution in [2.75, 3.05) is 31.2 Å². The van der Waals surface area contributed by atoms with Crippen molar-refractivity contribution in [2.24, 2.45) is 0 Å². The highest BCUT2D eigenvalue weighted by molar-refractivity contribution is 9.10. The van der Waals surface area contributed by atoms with Crippen LogP contribution in [0.15, 0.2) is 28.7 Å². The third kappa shape index (κ3) is 3.68. The molecule has 0 atom stereocenters. The zero-order chi connectivity index (χ0) is 14.5. The van der Waals surface area contributed by atoms with Crippen LogP contribution in [0.25, 0.3) is 6.08 Å². The van der Waals surface area contributed by atoms with Gasteiger partial charge in [0.25, 0.3) is 5.78 Å². The average molecular weight is 340 g/mol. The van der Waals surface area contributed by atoms with E-state index in [4.69, 9.17) is 9.84 Å². The highest BCUT2D eigenvalue weighted by atomic mass is 79.9. The lowest BCUT2D eigenvalue weighted by Crippen LogP contribution is -2.36. The van der Waals surface area contributed by atoms with Crippen LogP contribution in [-0.4, -0.2) is 43.2 Å². The van der Waals surface area contributed by atoms with E-state index in [1.807, 2.05) is 18.2 Å². The number of hydrogen-bond acceptors (Lipinski definition) is 4. The summed E-state index contributed by atoms with van der Waals surface area (Å²) in [4.78, 5) is 23.6. The molecule has 0 unspecified atom stereocenters. The molecule has 2 rings (SSSR count). The Morgan fingerprint density at radius 1 is 1.30 bits per heavy atom. The Kier molecular flexibility index (Phi) is 4.92. The standard InChI is InChI=1S/C14H14BrNO4/c15-11-9-10(2-4-13(17)14(18)19)1-3-12(11)16-5-7-20-8-6-16/h1-4,9H,5-8H2,(H,18,19)/b4-2+. The van der Waals surface area contributed by atoms with Crippen LogP contribution >= 0.6 is 15.9 Å². The maximum absolute atomic E-state index is 11.0. The van der Waals surface area contributed by atoms with Gasteiger partial charge in [-0.3, -0.25) is 4.79 Å². The molecule has 1 aromatic rings. The minimum atomic E-state index is -1.45. The van der Waals surface area contributed by atoms with Crippen LogP contribution in [0.3, 0.4) is 0 Å². The summed E-state index contributed by atoms with van der Waals surface area (Å²) in [7, 11) is 0. The molecular formula is C14H14BrNO4. The van der Waals surface area contributed by atoms with Crippen molar-refractivity contribution in [1.29, 1.82) is 0 Å². The van der Waals surface area contributed by atoms with Gasteiger partial charge in [-0.1, -0.05) is 12.1 Å². The fraction of sp³-hybridized carbons (Fsp3) is 0.286. The summed E-state index contributed by atoms with van der Waals surface area (Å²) in [5.74, 6) is -2.39. The van der Waals surface area contributed by atoms with Gasteiger partial charge >= 0.3 is 5.97 Å². The summed E-state index contributed by atoms with van der Waals surface area (Å²) >= 11 is 3.50. The van der Waals surface area contributed by atoms with E-state index in [2.05, 4.69) is 20.8 Å². The van der Waals surface area contributed by atoms with E-state index in [1.165, 1.54) is 6.08 Å². The molecule has 0 amide bonds. The summed E-state index contributed by atoms with van der Waals surface area (Å²) in [6, 6.07) is 5.65. The molecular weight excluding hydrogens is 326 g/mol. The Morgan fingerprint density at radius 2 is 2.00 bits per heavy atom. The molecule has 0 aliphatic carbocycles. The molecule has 6 heteroatoms. The molecule has 0 radical (unpaired) electrons. The Morgan fingerprint density at radius 3 is 2.60 bits per heavy atom. The highest BCUT2D eigenvalue weighted by Gasteiger charge is 2.13. The molecule has 1 aromatic carbocycles. The summed E-state index contributed by atoms with van der Waals surface area (Å²) in [5, 5.41) is 8.50. The maximum atomic E-state index is 11.0. The number of nitrogens with zero attached hydrogens (tertiary/aromatic N) is 1. The molecule has 1 fully saturated rings. The van der Waals surface area contributed by atoms with Gasteiger partial charge in [-0.25, -0.2) is 4.79 Å². The number of rotatable bonds is 4. The zero-order valence-corrected chi connectivity index (χ0v) is 12.3. The first-order valence-corrected chi connectivity index (χ1v) is 6.95. The van der Waals surface area contributed by atoms with Gasteiger partial charge in [0.15, 0.2) is 0 Å². The van der Waals surface area contributed by atoms with Crippen molar-refractivity contribution in [1.82, 2.24) is 0 Å². The summed E-state index contributed by atoms with van der Waals surface area (Å²) < 4.78 is 6.22. The van der Waals surface area contributed by atoms with Gasteiger partial charge < -0.3 is 14.7 Å². The number of carbonyl (C=O) groups excluding carboxylic acids is 1. The van der Waals surface area contributed by atoms with E-state index < -0.39 is 11.8 Å². The SMILES string of the molecule is O=C(O)C(=O)/C=C/c1ccc(N2CCOCC2)c(Br)c1. The van der Waals surface area contributed by atoms with Gasteiger partial charge in [-0.2, -0.15) is 0 Å². The molecule has 0 bridgehead atoms. The minimum Gasteiger partial charge on any atom is -0.475 e. The van der Waals surface area contributed by atoms with Crippen LogP contribution in [0.2, 0.25) is 0 Å². The van der Waals surface area contributed by atoms with Crippen molar-refractivity contribution < 1.29 is 19.4 Å². The second kappa shape index (κ2) is 6.67. The zero-order valence-electron chi connectivity index (χ0n) is 10.7. The van der Waals surface area contributed by atoms with Crippen molar-refractivity contribution in [3.8, 4) is 0 Å². The number of ketones is 1. The number of ether oxygens (including phenoxy) is 1. The third-order valence-electron chi connectivity index (χ3n) is 2.96. The third-order valence-corrected chi connectivity index (χ3v) is 3.60. The molecule has 0 aromatic heterocycles. The summed E-state index contributed by atoms with van der Waals surface area (Å²) in [5.41, 5.74) is 1.83. The first-order valence-electron chi connectivity index (χ1n) is 6.15. The molecule has 1 heterocycles. The van der Waals surface area contributed by atoms with E-state index in [1.54, 1.807) is 0 Å². The number of benzene rings is 1. The number of aliphatic carboxylic acids is 1. The molecule has 1 saturated heterocycles. The number of carboxylic acid groups (broad SMARTS) is 1. The lowest BCUT2D eigenvalue weighted by atomic mass is 10.1. The highest BCUT2D eigenvalue weighted by Crippen LogP contribution is 2.28. The number of morpholine rings is 1. The van der Waals surface area contributed by atoms with Crippen molar-refractivity contribution in [3.05, 3.63) is 34.3 Å². The lowest BCUT2D eigenvalue weighted by molar-refractivity contribution is -0.146. The Labute approximate surface area is 125 Å². The van der Waals surface area contributed by atoms with Crippen LogP contribution in [0.5, 0.6) is 0 Å². The first-order chi connectivity index (χ1) is 9.58. The van der Waals surface area contributed by atoms with Gasteiger partial charge in [-0.15, -0.1) is 0 Å². The molecule has 5 nitrogen and oxygen atoms in total. The fourth-order valence-corrected chi connectivity index (χ4v) is 2.58. The molecule has 106 valence electrons. The van der Waals surface area contributed by atoms with Crippen LogP contribution < -0.4 is 4.90 Å². The molecule has 1 aliphatic rings. The number of halogens is 1. The number of carbonyl (C=O) groups is 2. The maximum Gasteiger partial charge on any atom is 0.376 e. The number of carboxylic acids is 1. The monoisotopic (exact) mass is 339 g/mol. The fourth-order valence-electron chi connectivity index (χ4n) is 1.93. The smallest absolute Gasteiger partial charge is 0.376 e. The van der Waals surface area contributed by atoms with E-state index in [0.717, 1.165) is 34.9 Å². The largest absolute Gasteiger partial charge is 0.475 e. The molecule has 1 N–H and O–H groups in total. The summed E-state index contributed by atoms with van der Waals surface area (Å²) in [6.07, 6.45) is 2.54. The topological polar surface area (TPSA) is 66.8 Å². The first kappa shape index (κ1) is 14.7. The molecule has 0 saturated carbocycles. The minimum absolute atomic E-state index is 0.710. The Hall–Kier alpha value is -1.66. The summed E-state index contributed by atoms with van der Waals surface area (Å²) in [6.45, 7) is 3.10. The Balaban J connectivity index is 2.13. The van der Waals surface area contributed by atoms with Crippen LogP contribution in [-0.2, 0) is 14.3 Å². The van der Waals surface area contributed by atoms with Gasteiger partial charge in [0.1, 0.15) is 0 Å². The van der Waals surface area contributed by atoms with Gasteiger partial charge in [0, 0.05) is 17.6 Å². The van der Waals surface area contributed by atoms with E-state index >= 15 is 0 Å². The van der Waals surface area contributed by atoms with Crippen molar-refractivity contribution >= 4 is 39.4 Å². The Bertz CT molecular complexity index is 550. The van der Waals surface area contributed by atoms with E-state index in [9.17, 15) is 9.59 Å². The van der Waals surface area contributed by atoms with Crippen LogP contribution in [0.1, 0.15) is 5.56 Å². The van der Waals surface area contributed by atoms with Gasteiger partial charge in [-0.05, 0) is 39.7 Å². The lowest BCUT2D eigenvalue weighted by Gasteiger charge is -2.29. The molecule has 0 spiro atoms. The van der Waals surface area contributed by atoms with Gasteiger partial charge in [0.05, 0.1) is 18.9 Å². The second-order valence-corrected chi connectivity index (χ2v) is 5.17. The van der Waals surface area contributed by atoms with Crippen molar-refractivity contribution in [2.45, 2.75) is 0 Å². The average Bonchev–Trinajstić information content (AvgIpc) is 2.45. The normalized spacial score (nSPS) is 15.6. The number of hydrogen-bond donors (Lipinski definition) is 1. The molecule has 20 heavy (non-hydrogen) atoms. The second-order valence-electron chi connectivity index (χ2n) is 4.31. The van der Waals surface area contributed by atoms with E-state index in [0.29, 0.717) is 13.2 Å². The molecule has 1 aliphatic heterocycles. The van der Waals surface area contributed by atoms with E-state index in [-0.39, 0.29) is 0 Å². The van der Waals surface area contributed by atoms with Crippen molar-refractivity contribution in [3.63, 3.8) is 0 Å². The predicted octanol–water partition coefficient (Wildman–Crippen LogP) is 1.95. The van der Waals surface area contributed by atoms with Crippen LogP contribution in [0.4, 0.5) is 5.69 Å². The van der Waals surface area contributed by atoms with Gasteiger partial charge in [0.2, 0.25) is 0 Å². The van der Waals surface area contributed by atoms with Crippen LogP contribution in [0, 0.1) is 0 Å².